The Kier molecular flexibility index (Phi) is 4.87. The zero-order valence-electron chi connectivity index (χ0n) is 12.2. The van der Waals surface area contributed by atoms with Crippen molar-refractivity contribution in [1.82, 2.24) is 25.2 Å². The first kappa shape index (κ1) is 15.2. The van der Waals surface area contributed by atoms with Crippen molar-refractivity contribution in [2.24, 2.45) is 0 Å². The van der Waals surface area contributed by atoms with Crippen LogP contribution in [0.4, 0.5) is 0 Å². The predicted molar refractivity (Wildman–Crippen MR) is 82.3 cm³/mol. The molecule has 1 aliphatic carbocycles. The van der Waals surface area contributed by atoms with Crippen LogP contribution in [0.2, 0.25) is 0 Å². The number of amides is 1. The summed E-state index contributed by atoms with van der Waals surface area (Å²) >= 11 is 3.32. The van der Waals surface area contributed by atoms with E-state index in [0.717, 1.165) is 30.2 Å². The van der Waals surface area contributed by atoms with Crippen LogP contribution in [0.3, 0.4) is 0 Å². The summed E-state index contributed by atoms with van der Waals surface area (Å²) in [6.07, 6.45) is 10.3. The molecule has 3 rings (SSSR count). The highest BCUT2D eigenvalue weighted by Gasteiger charge is 2.20. The molecule has 0 spiro atoms. The van der Waals surface area contributed by atoms with Crippen LogP contribution in [-0.2, 0) is 6.54 Å². The van der Waals surface area contributed by atoms with Crippen molar-refractivity contribution >= 4 is 21.8 Å². The fourth-order valence-electron chi connectivity index (χ4n) is 2.65. The van der Waals surface area contributed by atoms with Crippen molar-refractivity contribution in [2.75, 3.05) is 0 Å². The van der Waals surface area contributed by atoms with Gasteiger partial charge in [0, 0.05) is 12.2 Å². The van der Waals surface area contributed by atoms with E-state index in [1.807, 2.05) is 6.20 Å². The van der Waals surface area contributed by atoms with Crippen molar-refractivity contribution in [3.63, 3.8) is 0 Å². The molecule has 8 heteroatoms. The van der Waals surface area contributed by atoms with E-state index in [1.165, 1.54) is 12.8 Å². The molecule has 1 amide bonds. The lowest BCUT2D eigenvalue weighted by Crippen LogP contribution is -2.34. The summed E-state index contributed by atoms with van der Waals surface area (Å²) in [5.41, 5.74) is 0. The van der Waals surface area contributed by atoms with E-state index >= 15 is 0 Å². The van der Waals surface area contributed by atoms with E-state index in [4.69, 9.17) is 4.52 Å². The molecule has 1 saturated carbocycles. The van der Waals surface area contributed by atoms with Gasteiger partial charge in [-0.3, -0.25) is 9.48 Å². The molecule has 7 nitrogen and oxygen atoms in total. The smallest absolute Gasteiger partial charge is 0.316 e. The zero-order valence-corrected chi connectivity index (χ0v) is 13.8. The van der Waals surface area contributed by atoms with E-state index in [-0.39, 0.29) is 17.8 Å². The summed E-state index contributed by atoms with van der Waals surface area (Å²) in [6, 6.07) is 0.215. The first-order valence-electron chi connectivity index (χ1n) is 7.52. The molecule has 1 aliphatic rings. The third-order valence-corrected chi connectivity index (χ3v) is 4.17. The lowest BCUT2D eigenvalue weighted by molar-refractivity contribution is 0.0889. The van der Waals surface area contributed by atoms with Crippen LogP contribution in [0.5, 0.6) is 0 Å². The first-order chi connectivity index (χ1) is 10.7. The lowest BCUT2D eigenvalue weighted by Gasteiger charge is -2.14. The highest BCUT2D eigenvalue weighted by atomic mass is 79.9. The SMILES string of the molecule is O=C(NC1CCCCCC1)c1nc(Cn2cc(Br)cn2)no1. The number of hydrogen-bond donors (Lipinski definition) is 1. The third-order valence-electron chi connectivity index (χ3n) is 3.76. The highest BCUT2D eigenvalue weighted by molar-refractivity contribution is 9.10. The largest absolute Gasteiger partial charge is 0.345 e. The standard InChI is InChI=1S/C14H18BrN5O2/c15-10-7-16-20(8-10)9-12-18-14(22-19-12)13(21)17-11-5-3-1-2-4-6-11/h7-8,11H,1-6,9H2,(H,17,21). The summed E-state index contributed by atoms with van der Waals surface area (Å²) in [5, 5.41) is 10.9. The molecule has 0 aromatic carbocycles. The van der Waals surface area contributed by atoms with Gasteiger partial charge in [-0.25, -0.2) is 0 Å². The molecular formula is C14H18BrN5O2. The second-order valence-electron chi connectivity index (χ2n) is 5.53. The maximum absolute atomic E-state index is 12.2. The van der Waals surface area contributed by atoms with Crippen LogP contribution in [0.15, 0.2) is 21.4 Å². The van der Waals surface area contributed by atoms with Crippen molar-refractivity contribution in [1.29, 1.82) is 0 Å². The Morgan fingerprint density at radius 3 is 2.82 bits per heavy atom. The van der Waals surface area contributed by atoms with Crippen LogP contribution < -0.4 is 5.32 Å². The van der Waals surface area contributed by atoms with Gasteiger partial charge in [0.05, 0.1) is 10.7 Å². The molecule has 0 saturated heterocycles. The van der Waals surface area contributed by atoms with Crippen molar-refractivity contribution in [2.45, 2.75) is 51.1 Å². The van der Waals surface area contributed by atoms with Gasteiger partial charge in [0.15, 0.2) is 5.82 Å². The fourth-order valence-corrected chi connectivity index (χ4v) is 2.98. The van der Waals surface area contributed by atoms with Gasteiger partial charge in [-0.2, -0.15) is 10.1 Å². The number of nitrogens with zero attached hydrogens (tertiary/aromatic N) is 4. The van der Waals surface area contributed by atoms with Gasteiger partial charge in [0.2, 0.25) is 0 Å². The Labute approximate surface area is 136 Å². The monoisotopic (exact) mass is 367 g/mol. The molecule has 0 radical (unpaired) electrons. The average molecular weight is 368 g/mol. The van der Waals surface area contributed by atoms with Gasteiger partial charge in [0.25, 0.3) is 0 Å². The Hall–Kier alpha value is -1.70. The molecule has 1 N–H and O–H groups in total. The van der Waals surface area contributed by atoms with Gasteiger partial charge < -0.3 is 9.84 Å². The minimum absolute atomic E-state index is 0.0190. The van der Waals surface area contributed by atoms with E-state index in [2.05, 4.69) is 36.5 Å². The van der Waals surface area contributed by atoms with Crippen molar-refractivity contribution in [3.05, 3.63) is 28.6 Å². The van der Waals surface area contributed by atoms with Crippen molar-refractivity contribution in [3.8, 4) is 0 Å². The second-order valence-corrected chi connectivity index (χ2v) is 6.45. The maximum Gasteiger partial charge on any atom is 0.316 e. The Morgan fingerprint density at radius 2 is 2.14 bits per heavy atom. The molecular weight excluding hydrogens is 350 g/mol. The average Bonchev–Trinajstić information content (AvgIpc) is 3.04. The number of carbonyl (C=O) groups is 1. The van der Waals surface area contributed by atoms with Gasteiger partial charge in [-0.1, -0.05) is 30.8 Å². The molecule has 0 bridgehead atoms. The van der Waals surface area contributed by atoms with E-state index in [9.17, 15) is 4.79 Å². The molecule has 118 valence electrons. The van der Waals surface area contributed by atoms with Crippen LogP contribution in [-0.4, -0.2) is 31.9 Å². The number of aromatic nitrogens is 4. The maximum atomic E-state index is 12.2. The number of halogens is 1. The van der Waals surface area contributed by atoms with Crippen molar-refractivity contribution < 1.29 is 9.32 Å². The molecule has 22 heavy (non-hydrogen) atoms. The van der Waals surface area contributed by atoms with Crippen LogP contribution in [0.1, 0.15) is 55.0 Å². The minimum atomic E-state index is -0.285. The quantitative estimate of drug-likeness (QED) is 0.839. The summed E-state index contributed by atoms with van der Waals surface area (Å²) in [5.74, 6) is 0.166. The normalized spacial score (nSPS) is 16.4. The van der Waals surface area contributed by atoms with Crippen LogP contribution in [0, 0.1) is 0 Å². The Morgan fingerprint density at radius 1 is 1.36 bits per heavy atom. The molecule has 1 fully saturated rings. The molecule has 0 atom stereocenters. The molecule has 2 heterocycles. The molecule has 2 aromatic rings. The minimum Gasteiger partial charge on any atom is -0.345 e. The fraction of sp³-hybridized carbons (Fsp3) is 0.571. The molecule has 2 aromatic heterocycles. The highest BCUT2D eigenvalue weighted by Crippen LogP contribution is 2.17. The number of hydrogen-bond acceptors (Lipinski definition) is 5. The van der Waals surface area contributed by atoms with E-state index in [0.29, 0.717) is 12.4 Å². The van der Waals surface area contributed by atoms with Gasteiger partial charge in [0.1, 0.15) is 6.54 Å². The Bertz CT molecular complexity index is 631. The van der Waals surface area contributed by atoms with E-state index < -0.39 is 0 Å². The van der Waals surface area contributed by atoms with E-state index in [1.54, 1.807) is 10.9 Å². The predicted octanol–water partition coefficient (Wildman–Crippen LogP) is 2.53. The topological polar surface area (TPSA) is 85.8 Å². The number of rotatable bonds is 4. The Balaban J connectivity index is 1.58. The van der Waals surface area contributed by atoms with Crippen LogP contribution >= 0.6 is 15.9 Å². The summed E-state index contributed by atoms with van der Waals surface area (Å²) in [6.45, 7) is 0.367. The third kappa shape index (κ3) is 3.94. The summed E-state index contributed by atoms with van der Waals surface area (Å²) < 4.78 is 7.60. The second kappa shape index (κ2) is 7.04. The summed E-state index contributed by atoms with van der Waals surface area (Å²) in [4.78, 5) is 16.3. The summed E-state index contributed by atoms with van der Waals surface area (Å²) in [7, 11) is 0. The molecule has 0 aliphatic heterocycles. The molecule has 0 unspecified atom stereocenters. The van der Waals surface area contributed by atoms with Gasteiger partial charge in [-0.05, 0) is 28.8 Å². The first-order valence-corrected chi connectivity index (χ1v) is 8.31. The number of carbonyl (C=O) groups excluding carboxylic acids is 1. The van der Waals surface area contributed by atoms with Gasteiger partial charge in [-0.15, -0.1) is 0 Å². The zero-order chi connectivity index (χ0) is 15.4. The lowest BCUT2D eigenvalue weighted by atomic mass is 10.1. The van der Waals surface area contributed by atoms with Gasteiger partial charge >= 0.3 is 11.8 Å². The van der Waals surface area contributed by atoms with Crippen LogP contribution in [0.25, 0.3) is 0 Å². The number of nitrogens with one attached hydrogen (secondary N) is 1.